The van der Waals surface area contributed by atoms with Gasteiger partial charge in [0.05, 0.1) is 13.2 Å². The summed E-state index contributed by atoms with van der Waals surface area (Å²) in [7, 11) is -4.02. The van der Waals surface area contributed by atoms with Crippen molar-refractivity contribution in [1.29, 1.82) is 0 Å². The van der Waals surface area contributed by atoms with Crippen LogP contribution in [0.2, 0.25) is 0 Å². The molecule has 8 heteroatoms. The fraction of sp³-hybridized carbons (Fsp3) is 0.579. The van der Waals surface area contributed by atoms with E-state index in [0.29, 0.717) is 12.0 Å². The standard InChI is InChI=1S/C19H28NO6P/c1-6-24-27(23,25-7-2)19(20-17(22)26-18(3,4)5)13-12-14-10-8-9-11-15(14)16(19)21/h8-11H,6-7,12-13H2,1-5H3,(H,20,22)/t19-/m1/s1. The number of Topliss-reactive ketones (excluding diaryl/α,β-unsaturated/α-hetero) is 1. The Bertz CT molecular complexity index is 747. The van der Waals surface area contributed by atoms with Gasteiger partial charge in [-0.3, -0.25) is 14.7 Å². The molecule has 0 fully saturated rings. The van der Waals surface area contributed by atoms with E-state index in [1.807, 2.05) is 12.1 Å². The van der Waals surface area contributed by atoms with Gasteiger partial charge in [-0.1, -0.05) is 24.3 Å². The number of carbonyl (C=O) groups is 2. The normalized spacial score (nSPS) is 20.1. The minimum Gasteiger partial charge on any atom is -0.444 e. The quantitative estimate of drug-likeness (QED) is 0.720. The van der Waals surface area contributed by atoms with Crippen LogP contribution in [-0.2, 0) is 24.8 Å². The minimum absolute atomic E-state index is 0.0734. The summed E-state index contributed by atoms with van der Waals surface area (Å²) in [6.07, 6.45) is -0.295. The number of rotatable bonds is 6. The fourth-order valence-electron chi connectivity index (χ4n) is 3.13. The second kappa shape index (κ2) is 8.13. The average molecular weight is 397 g/mol. The SMILES string of the molecule is CCOP(=O)(OCC)[C@]1(NC(=O)OC(C)(C)C)CCc2ccccc2C1=O. The average Bonchev–Trinajstić information content (AvgIpc) is 2.56. The number of benzene rings is 1. The van der Waals surface area contributed by atoms with Gasteiger partial charge in [-0.15, -0.1) is 0 Å². The molecule has 27 heavy (non-hydrogen) atoms. The number of carbonyl (C=O) groups excluding carboxylic acids is 2. The highest BCUT2D eigenvalue weighted by Gasteiger charge is 2.60. The lowest BCUT2D eigenvalue weighted by Gasteiger charge is -2.41. The van der Waals surface area contributed by atoms with Gasteiger partial charge < -0.3 is 13.8 Å². The second-order valence-electron chi connectivity index (χ2n) is 7.31. The Morgan fingerprint density at radius 2 is 1.78 bits per heavy atom. The third-order valence-corrected chi connectivity index (χ3v) is 6.84. The molecule has 0 unspecified atom stereocenters. The summed E-state index contributed by atoms with van der Waals surface area (Å²) < 4.78 is 29.9. The number of amides is 1. The first-order chi connectivity index (χ1) is 12.6. The predicted molar refractivity (Wildman–Crippen MR) is 102 cm³/mol. The fourth-order valence-corrected chi connectivity index (χ4v) is 5.31. The molecule has 0 aliphatic heterocycles. The molecular formula is C19H28NO6P. The molecule has 0 radical (unpaired) electrons. The Morgan fingerprint density at radius 3 is 2.33 bits per heavy atom. The summed E-state index contributed by atoms with van der Waals surface area (Å²) in [6, 6.07) is 7.07. The molecule has 1 N–H and O–H groups in total. The zero-order chi connectivity index (χ0) is 20.3. The maximum absolute atomic E-state index is 13.7. The highest BCUT2D eigenvalue weighted by Crippen LogP contribution is 2.62. The molecule has 1 amide bonds. The minimum atomic E-state index is -4.02. The van der Waals surface area contributed by atoms with Gasteiger partial charge in [-0.2, -0.15) is 0 Å². The number of ketones is 1. The topological polar surface area (TPSA) is 90.9 Å². The highest BCUT2D eigenvalue weighted by atomic mass is 31.2. The first-order valence-electron chi connectivity index (χ1n) is 9.11. The summed E-state index contributed by atoms with van der Waals surface area (Å²) in [6.45, 7) is 8.60. The number of ether oxygens (including phenoxy) is 1. The van der Waals surface area contributed by atoms with E-state index in [0.717, 1.165) is 5.56 Å². The van der Waals surface area contributed by atoms with Gasteiger partial charge in [0.15, 0.2) is 0 Å². The number of aryl methyl sites for hydroxylation is 1. The smallest absolute Gasteiger partial charge is 0.408 e. The Balaban J connectivity index is 2.54. The van der Waals surface area contributed by atoms with E-state index in [-0.39, 0.29) is 19.6 Å². The molecule has 1 aromatic carbocycles. The van der Waals surface area contributed by atoms with Crippen LogP contribution < -0.4 is 5.32 Å². The molecule has 0 bridgehead atoms. The molecule has 7 nitrogen and oxygen atoms in total. The lowest BCUT2D eigenvalue weighted by Crippen LogP contribution is -2.57. The Labute approximate surface area is 160 Å². The molecular weight excluding hydrogens is 369 g/mol. The molecule has 1 atom stereocenters. The van der Waals surface area contributed by atoms with Gasteiger partial charge in [0.2, 0.25) is 11.1 Å². The van der Waals surface area contributed by atoms with Gasteiger partial charge in [0.1, 0.15) is 5.60 Å². The molecule has 150 valence electrons. The van der Waals surface area contributed by atoms with Crippen molar-refractivity contribution in [3.8, 4) is 0 Å². The second-order valence-corrected chi connectivity index (χ2v) is 9.58. The van der Waals surface area contributed by atoms with Crippen molar-refractivity contribution in [3.05, 3.63) is 35.4 Å². The molecule has 0 spiro atoms. The summed E-state index contributed by atoms with van der Waals surface area (Å²) in [4.78, 5) is 26.0. The lowest BCUT2D eigenvalue weighted by atomic mass is 9.86. The van der Waals surface area contributed by atoms with E-state index in [2.05, 4.69) is 5.32 Å². The van der Waals surface area contributed by atoms with Gasteiger partial charge in [-0.05, 0) is 53.0 Å². The predicted octanol–water partition coefficient (Wildman–Crippen LogP) is 4.30. The molecule has 0 heterocycles. The maximum Gasteiger partial charge on any atom is 0.408 e. The van der Waals surface area contributed by atoms with Crippen LogP contribution in [0.1, 0.15) is 57.0 Å². The van der Waals surface area contributed by atoms with Crippen molar-refractivity contribution in [3.63, 3.8) is 0 Å². The van der Waals surface area contributed by atoms with E-state index in [1.54, 1.807) is 46.8 Å². The van der Waals surface area contributed by atoms with E-state index < -0.39 is 30.4 Å². The number of hydrogen-bond donors (Lipinski definition) is 1. The molecule has 0 aromatic heterocycles. The van der Waals surface area contributed by atoms with Crippen LogP contribution >= 0.6 is 7.60 Å². The van der Waals surface area contributed by atoms with Crippen LogP contribution in [0.4, 0.5) is 4.79 Å². The van der Waals surface area contributed by atoms with Gasteiger partial charge in [-0.25, -0.2) is 4.79 Å². The van der Waals surface area contributed by atoms with Crippen LogP contribution in [0.25, 0.3) is 0 Å². The number of hydrogen-bond acceptors (Lipinski definition) is 6. The summed E-state index contributed by atoms with van der Waals surface area (Å²) in [5.41, 5.74) is 0.463. The van der Waals surface area contributed by atoms with Crippen LogP contribution in [0, 0.1) is 0 Å². The van der Waals surface area contributed by atoms with Crippen LogP contribution in [-0.4, -0.2) is 36.0 Å². The van der Waals surface area contributed by atoms with Crippen molar-refractivity contribution in [2.75, 3.05) is 13.2 Å². The van der Waals surface area contributed by atoms with Crippen LogP contribution in [0.15, 0.2) is 24.3 Å². The van der Waals surface area contributed by atoms with E-state index >= 15 is 0 Å². The lowest BCUT2D eigenvalue weighted by molar-refractivity contribution is 0.0440. The third-order valence-electron chi connectivity index (χ3n) is 4.17. The molecule has 0 saturated carbocycles. The van der Waals surface area contributed by atoms with E-state index in [4.69, 9.17) is 13.8 Å². The summed E-state index contributed by atoms with van der Waals surface area (Å²) in [5, 5.41) is 0.742. The zero-order valence-corrected chi connectivity index (χ0v) is 17.4. The third kappa shape index (κ3) is 4.42. The number of fused-ring (bicyclic) bond motifs is 1. The van der Waals surface area contributed by atoms with E-state index in [1.165, 1.54) is 0 Å². The van der Waals surface area contributed by atoms with Gasteiger partial charge >= 0.3 is 13.7 Å². The van der Waals surface area contributed by atoms with Crippen molar-refractivity contribution < 1.29 is 27.9 Å². The Morgan fingerprint density at radius 1 is 1.19 bits per heavy atom. The first-order valence-corrected chi connectivity index (χ1v) is 10.7. The van der Waals surface area contributed by atoms with Crippen molar-refractivity contribution >= 4 is 19.5 Å². The molecule has 1 aliphatic rings. The van der Waals surface area contributed by atoms with Crippen LogP contribution in [0.3, 0.4) is 0 Å². The number of alkyl carbamates (subject to hydrolysis) is 1. The van der Waals surface area contributed by atoms with E-state index in [9.17, 15) is 14.2 Å². The van der Waals surface area contributed by atoms with Crippen LogP contribution in [0.5, 0.6) is 0 Å². The van der Waals surface area contributed by atoms with Crippen molar-refractivity contribution in [2.24, 2.45) is 0 Å². The summed E-state index contributed by atoms with van der Waals surface area (Å²) in [5.74, 6) is -0.486. The Hall–Kier alpha value is -1.69. The molecule has 1 aliphatic carbocycles. The Kier molecular flexibility index (Phi) is 6.51. The summed E-state index contributed by atoms with van der Waals surface area (Å²) >= 11 is 0. The highest BCUT2D eigenvalue weighted by molar-refractivity contribution is 7.57. The van der Waals surface area contributed by atoms with Crippen molar-refractivity contribution in [1.82, 2.24) is 5.32 Å². The molecule has 2 rings (SSSR count). The number of nitrogens with one attached hydrogen (secondary N) is 1. The maximum atomic E-state index is 13.7. The van der Waals surface area contributed by atoms with Gasteiger partial charge in [0, 0.05) is 5.56 Å². The molecule has 1 aromatic rings. The zero-order valence-electron chi connectivity index (χ0n) is 16.5. The monoisotopic (exact) mass is 397 g/mol. The first kappa shape index (κ1) is 21.6. The molecule has 0 saturated heterocycles. The van der Waals surface area contributed by atoms with Gasteiger partial charge in [0.25, 0.3) is 0 Å². The van der Waals surface area contributed by atoms with Crippen molar-refractivity contribution in [2.45, 2.75) is 58.3 Å². The largest absolute Gasteiger partial charge is 0.444 e.